The molecular weight excluding hydrogens is 312 g/mol. The number of benzene rings is 2. The zero-order valence-electron chi connectivity index (χ0n) is 14.7. The Balaban J connectivity index is 1.44. The highest BCUT2D eigenvalue weighted by atomic mass is 16.5. The Bertz CT molecular complexity index is 702. The van der Waals surface area contributed by atoms with Gasteiger partial charge in [0.25, 0.3) is 0 Å². The van der Waals surface area contributed by atoms with Crippen LogP contribution in [0.5, 0.6) is 5.75 Å². The minimum Gasteiger partial charge on any atom is -0.494 e. The second-order valence-electron chi connectivity index (χ2n) is 6.75. The topological polar surface area (TPSA) is 55.6 Å². The molecule has 1 amide bonds. The maximum Gasteiger partial charge on any atom is 0.222 e. The second-order valence-corrected chi connectivity index (χ2v) is 6.75. The average Bonchev–Trinajstić information content (AvgIpc) is 3.01. The third kappa shape index (κ3) is 4.60. The molecule has 1 saturated heterocycles. The van der Waals surface area contributed by atoms with Crippen LogP contribution < -0.4 is 10.5 Å². The van der Waals surface area contributed by atoms with Gasteiger partial charge in [0.1, 0.15) is 5.75 Å². The van der Waals surface area contributed by atoms with Crippen LogP contribution in [0.1, 0.15) is 29.9 Å². The van der Waals surface area contributed by atoms with E-state index in [0.717, 1.165) is 5.75 Å². The number of hydrogen-bond donors (Lipinski definition) is 1. The Morgan fingerprint density at radius 1 is 1.16 bits per heavy atom. The molecule has 4 heteroatoms. The molecule has 1 fully saturated rings. The highest BCUT2D eigenvalue weighted by molar-refractivity contribution is 5.76. The van der Waals surface area contributed by atoms with Crippen LogP contribution >= 0.6 is 0 Å². The molecule has 1 aliphatic rings. The maximum atomic E-state index is 12.4. The van der Waals surface area contributed by atoms with Crippen molar-refractivity contribution < 1.29 is 9.53 Å². The van der Waals surface area contributed by atoms with E-state index in [-0.39, 0.29) is 17.9 Å². The molecule has 0 unspecified atom stereocenters. The zero-order chi connectivity index (χ0) is 17.6. The Hall–Kier alpha value is -2.33. The molecule has 2 aromatic carbocycles. The standard InChI is InChI=1S/C21H26N2O2/c1-16-7-5-10-18(13-16)25-12-6-11-21(24)23-14-19(20(22)15-23)17-8-3-2-4-9-17/h2-5,7-10,13,19-20H,6,11-12,14-15,22H2,1H3/t19-,20+/m0/s1. The third-order valence-electron chi connectivity index (χ3n) is 4.74. The lowest BCUT2D eigenvalue weighted by atomic mass is 9.95. The number of amides is 1. The van der Waals surface area contributed by atoms with Gasteiger partial charge >= 0.3 is 0 Å². The first-order valence-corrected chi connectivity index (χ1v) is 8.91. The summed E-state index contributed by atoms with van der Waals surface area (Å²) in [5, 5.41) is 0. The molecule has 1 aliphatic heterocycles. The first-order valence-electron chi connectivity index (χ1n) is 8.91. The Labute approximate surface area is 149 Å². The Kier molecular flexibility index (Phi) is 5.71. The molecular formula is C21H26N2O2. The van der Waals surface area contributed by atoms with Crippen molar-refractivity contribution in [2.75, 3.05) is 19.7 Å². The van der Waals surface area contributed by atoms with Crippen molar-refractivity contribution in [3.8, 4) is 5.75 Å². The van der Waals surface area contributed by atoms with Crippen LogP contribution in [0.2, 0.25) is 0 Å². The van der Waals surface area contributed by atoms with Crippen LogP contribution in [-0.2, 0) is 4.79 Å². The number of nitrogens with zero attached hydrogens (tertiary/aromatic N) is 1. The monoisotopic (exact) mass is 338 g/mol. The molecule has 0 saturated carbocycles. The predicted molar refractivity (Wildman–Crippen MR) is 99.6 cm³/mol. The molecule has 4 nitrogen and oxygen atoms in total. The lowest BCUT2D eigenvalue weighted by Gasteiger charge is -2.16. The van der Waals surface area contributed by atoms with Gasteiger partial charge < -0.3 is 15.4 Å². The molecule has 3 rings (SSSR count). The minimum absolute atomic E-state index is 0.00916. The van der Waals surface area contributed by atoms with Gasteiger partial charge in [0.2, 0.25) is 5.91 Å². The number of rotatable bonds is 6. The zero-order valence-corrected chi connectivity index (χ0v) is 14.7. The fourth-order valence-corrected chi connectivity index (χ4v) is 3.36. The molecule has 2 N–H and O–H groups in total. The third-order valence-corrected chi connectivity index (χ3v) is 4.74. The maximum absolute atomic E-state index is 12.4. The van der Waals surface area contributed by atoms with Gasteiger partial charge in [0.15, 0.2) is 0 Å². The fraction of sp³-hybridized carbons (Fsp3) is 0.381. The lowest BCUT2D eigenvalue weighted by molar-refractivity contribution is -0.130. The van der Waals surface area contributed by atoms with Gasteiger partial charge in [-0.15, -0.1) is 0 Å². The van der Waals surface area contributed by atoms with Crippen molar-refractivity contribution in [3.63, 3.8) is 0 Å². The van der Waals surface area contributed by atoms with Gasteiger partial charge in [-0.1, -0.05) is 42.5 Å². The van der Waals surface area contributed by atoms with Crippen molar-refractivity contribution in [1.29, 1.82) is 0 Å². The number of ether oxygens (including phenoxy) is 1. The van der Waals surface area contributed by atoms with Crippen LogP contribution in [0, 0.1) is 6.92 Å². The van der Waals surface area contributed by atoms with Gasteiger partial charge in [0, 0.05) is 31.5 Å². The molecule has 0 bridgehead atoms. The van der Waals surface area contributed by atoms with Crippen molar-refractivity contribution in [3.05, 3.63) is 65.7 Å². The number of nitrogens with two attached hydrogens (primary N) is 1. The van der Waals surface area contributed by atoms with Crippen LogP contribution in [0.3, 0.4) is 0 Å². The fourth-order valence-electron chi connectivity index (χ4n) is 3.36. The summed E-state index contributed by atoms with van der Waals surface area (Å²) in [6.45, 7) is 3.94. The van der Waals surface area contributed by atoms with E-state index in [1.807, 2.05) is 54.3 Å². The summed E-state index contributed by atoms with van der Waals surface area (Å²) in [7, 11) is 0. The summed E-state index contributed by atoms with van der Waals surface area (Å²) in [6, 6.07) is 18.2. The molecule has 132 valence electrons. The smallest absolute Gasteiger partial charge is 0.222 e. The number of carbonyl (C=O) groups excluding carboxylic acids is 1. The number of carbonyl (C=O) groups is 1. The molecule has 0 aliphatic carbocycles. The summed E-state index contributed by atoms with van der Waals surface area (Å²) < 4.78 is 5.72. The normalized spacial score (nSPS) is 19.8. The van der Waals surface area contributed by atoms with E-state index in [9.17, 15) is 4.79 Å². The molecule has 0 aromatic heterocycles. The van der Waals surface area contributed by atoms with Gasteiger partial charge in [-0.05, 0) is 36.6 Å². The van der Waals surface area contributed by atoms with E-state index in [1.165, 1.54) is 11.1 Å². The van der Waals surface area contributed by atoms with Crippen LogP contribution in [-0.4, -0.2) is 36.5 Å². The van der Waals surface area contributed by atoms with Gasteiger partial charge in [-0.3, -0.25) is 4.79 Å². The lowest BCUT2D eigenvalue weighted by Crippen LogP contribution is -2.32. The van der Waals surface area contributed by atoms with E-state index in [0.29, 0.717) is 32.5 Å². The minimum atomic E-state index is 0.00916. The van der Waals surface area contributed by atoms with Crippen molar-refractivity contribution in [1.82, 2.24) is 4.90 Å². The van der Waals surface area contributed by atoms with Crippen molar-refractivity contribution in [2.45, 2.75) is 31.7 Å². The molecule has 0 spiro atoms. The van der Waals surface area contributed by atoms with E-state index in [4.69, 9.17) is 10.5 Å². The summed E-state index contributed by atoms with van der Waals surface area (Å²) in [4.78, 5) is 14.3. The SMILES string of the molecule is Cc1cccc(OCCCC(=O)N2C[C@@H](N)[C@H](c3ccccc3)C2)c1. The second kappa shape index (κ2) is 8.17. The highest BCUT2D eigenvalue weighted by Gasteiger charge is 2.33. The quantitative estimate of drug-likeness (QED) is 0.824. The van der Waals surface area contributed by atoms with Crippen LogP contribution in [0.25, 0.3) is 0 Å². The average molecular weight is 338 g/mol. The summed E-state index contributed by atoms with van der Waals surface area (Å²) >= 11 is 0. The number of aryl methyl sites for hydroxylation is 1. The Morgan fingerprint density at radius 3 is 2.72 bits per heavy atom. The first-order chi connectivity index (χ1) is 12.1. The summed E-state index contributed by atoms with van der Waals surface area (Å²) in [5.74, 6) is 1.26. The first kappa shape index (κ1) is 17.5. The van der Waals surface area contributed by atoms with Crippen LogP contribution in [0.15, 0.2) is 54.6 Å². The van der Waals surface area contributed by atoms with E-state index < -0.39 is 0 Å². The van der Waals surface area contributed by atoms with Crippen LogP contribution in [0.4, 0.5) is 0 Å². The van der Waals surface area contributed by atoms with E-state index >= 15 is 0 Å². The van der Waals surface area contributed by atoms with E-state index in [2.05, 4.69) is 12.1 Å². The summed E-state index contributed by atoms with van der Waals surface area (Å²) in [5.41, 5.74) is 8.65. The molecule has 2 atom stereocenters. The molecule has 25 heavy (non-hydrogen) atoms. The van der Waals surface area contributed by atoms with Crippen molar-refractivity contribution >= 4 is 5.91 Å². The molecule has 1 heterocycles. The van der Waals surface area contributed by atoms with Gasteiger partial charge in [-0.2, -0.15) is 0 Å². The molecule has 0 radical (unpaired) electrons. The van der Waals surface area contributed by atoms with Gasteiger partial charge in [0.05, 0.1) is 6.61 Å². The predicted octanol–water partition coefficient (Wildman–Crippen LogP) is 3.11. The van der Waals surface area contributed by atoms with Crippen molar-refractivity contribution in [2.24, 2.45) is 5.73 Å². The number of hydrogen-bond acceptors (Lipinski definition) is 3. The van der Waals surface area contributed by atoms with E-state index in [1.54, 1.807) is 0 Å². The highest BCUT2D eigenvalue weighted by Crippen LogP contribution is 2.26. The Morgan fingerprint density at radius 2 is 1.96 bits per heavy atom. The number of likely N-dealkylation sites (tertiary alicyclic amines) is 1. The van der Waals surface area contributed by atoms with Gasteiger partial charge in [-0.25, -0.2) is 0 Å². The largest absolute Gasteiger partial charge is 0.494 e. The summed E-state index contributed by atoms with van der Waals surface area (Å²) in [6.07, 6.45) is 1.22. The molecule has 2 aromatic rings.